The molecule has 2 aromatic carbocycles. The lowest BCUT2D eigenvalue weighted by molar-refractivity contribution is 0.0779. The molecule has 0 fully saturated rings. The van der Waals surface area contributed by atoms with Gasteiger partial charge in [0.1, 0.15) is 9.71 Å². The zero-order valence-corrected chi connectivity index (χ0v) is 17.8. The second kappa shape index (κ2) is 8.55. The number of pyridine rings is 1. The molecule has 0 saturated carbocycles. The molecule has 1 amide bonds. The van der Waals surface area contributed by atoms with Gasteiger partial charge in [-0.25, -0.2) is 0 Å². The average Bonchev–Trinajstić information content (AvgIpc) is 3.14. The van der Waals surface area contributed by atoms with E-state index < -0.39 is 0 Å². The maximum Gasteiger partial charge on any atom is 0.266 e. The van der Waals surface area contributed by atoms with E-state index in [0.29, 0.717) is 18.0 Å². The Kier molecular flexibility index (Phi) is 5.68. The molecule has 0 unspecified atom stereocenters. The normalized spacial score (nSPS) is 10.9. The monoisotopic (exact) mass is 417 g/mol. The highest BCUT2D eigenvalue weighted by Gasteiger charge is 2.24. The summed E-state index contributed by atoms with van der Waals surface area (Å²) in [4.78, 5) is 29.3. The number of carbonyl (C=O) groups is 1. The van der Waals surface area contributed by atoms with Gasteiger partial charge in [0.25, 0.3) is 11.5 Å². The van der Waals surface area contributed by atoms with Crippen molar-refractivity contribution < 1.29 is 4.79 Å². The van der Waals surface area contributed by atoms with Crippen molar-refractivity contribution in [3.63, 3.8) is 0 Å². The summed E-state index contributed by atoms with van der Waals surface area (Å²) in [5.41, 5.74) is 2.29. The van der Waals surface area contributed by atoms with Gasteiger partial charge in [-0.1, -0.05) is 36.4 Å². The number of fused-ring (bicyclic) bond motifs is 1. The van der Waals surface area contributed by atoms with Gasteiger partial charge in [0.15, 0.2) is 0 Å². The van der Waals surface area contributed by atoms with E-state index in [1.165, 1.54) is 11.3 Å². The van der Waals surface area contributed by atoms with Crippen LogP contribution in [0.1, 0.15) is 23.5 Å². The highest BCUT2D eigenvalue weighted by atomic mass is 32.1. The molecule has 0 atom stereocenters. The Balaban J connectivity index is 1.98. The summed E-state index contributed by atoms with van der Waals surface area (Å²) in [7, 11) is 0. The first kappa shape index (κ1) is 19.9. The van der Waals surface area contributed by atoms with E-state index in [0.717, 1.165) is 27.3 Å². The second-order valence-electron chi connectivity index (χ2n) is 6.84. The van der Waals surface area contributed by atoms with Crippen LogP contribution in [-0.2, 0) is 0 Å². The lowest BCUT2D eigenvalue weighted by Gasteiger charge is -2.18. The lowest BCUT2D eigenvalue weighted by Crippen LogP contribution is -2.30. The number of para-hydroxylation sites is 2. The van der Waals surface area contributed by atoms with Crippen molar-refractivity contribution in [1.82, 2.24) is 9.47 Å². The van der Waals surface area contributed by atoms with Crippen LogP contribution in [0.15, 0.2) is 77.6 Å². The van der Waals surface area contributed by atoms with Crippen LogP contribution in [0.5, 0.6) is 0 Å². The van der Waals surface area contributed by atoms with Crippen molar-refractivity contribution in [1.29, 1.82) is 0 Å². The smallest absolute Gasteiger partial charge is 0.266 e. The molecule has 0 radical (unpaired) electrons. The number of aromatic nitrogens is 1. The molecular weight excluding hydrogens is 394 g/mol. The van der Waals surface area contributed by atoms with Crippen LogP contribution in [0.4, 0.5) is 11.4 Å². The minimum absolute atomic E-state index is 0.0355. The van der Waals surface area contributed by atoms with Crippen LogP contribution < -0.4 is 10.9 Å². The fourth-order valence-electron chi connectivity index (χ4n) is 3.50. The fraction of sp³-hybridized carbons (Fsp3) is 0.167. The van der Waals surface area contributed by atoms with Crippen molar-refractivity contribution in [2.45, 2.75) is 13.8 Å². The number of anilines is 2. The lowest BCUT2D eigenvalue weighted by atomic mass is 10.2. The number of hydrogen-bond acceptors (Lipinski definition) is 4. The van der Waals surface area contributed by atoms with Gasteiger partial charge in [0.2, 0.25) is 0 Å². The van der Waals surface area contributed by atoms with E-state index in [1.54, 1.807) is 21.6 Å². The molecule has 5 nitrogen and oxygen atoms in total. The van der Waals surface area contributed by atoms with Crippen molar-refractivity contribution >= 4 is 38.8 Å². The number of thiophene rings is 1. The number of amides is 1. The molecule has 6 heteroatoms. The van der Waals surface area contributed by atoms with Gasteiger partial charge in [0.05, 0.1) is 11.4 Å². The molecule has 0 saturated heterocycles. The summed E-state index contributed by atoms with van der Waals surface area (Å²) >= 11 is 1.36. The largest absolute Gasteiger partial charge is 0.354 e. The van der Waals surface area contributed by atoms with Crippen molar-refractivity contribution in [3.05, 3.63) is 88.0 Å². The van der Waals surface area contributed by atoms with Crippen LogP contribution in [0, 0.1) is 0 Å². The average molecular weight is 418 g/mol. The predicted octanol–water partition coefficient (Wildman–Crippen LogP) is 5.28. The molecule has 0 spiro atoms. The molecule has 0 aliphatic rings. The van der Waals surface area contributed by atoms with Gasteiger partial charge in [-0.3, -0.25) is 14.2 Å². The predicted molar refractivity (Wildman–Crippen MR) is 124 cm³/mol. The SMILES string of the molecule is CCN(CC)C(=O)c1sc2c(ccc(=O)n2-c2ccccc2)c1Nc1ccccc1. The standard InChI is InChI=1S/C24H23N3O2S/c1-3-26(4-2)23(29)22-21(25-17-11-7-5-8-12-17)19-15-16-20(28)27(24(19)30-22)18-13-9-6-10-14-18/h5-16,25H,3-4H2,1-2H3. The van der Waals surface area contributed by atoms with E-state index in [9.17, 15) is 9.59 Å². The van der Waals surface area contributed by atoms with Crippen molar-refractivity contribution in [3.8, 4) is 5.69 Å². The summed E-state index contributed by atoms with van der Waals surface area (Å²) in [6, 6.07) is 22.6. The minimum Gasteiger partial charge on any atom is -0.354 e. The first-order chi connectivity index (χ1) is 14.6. The Morgan fingerprint density at radius 3 is 2.20 bits per heavy atom. The first-order valence-electron chi connectivity index (χ1n) is 9.99. The van der Waals surface area contributed by atoms with E-state index >= 15 is 0 Å². The Labute approximate surface area is 179 Å². The minimum atomic E-state index is -0.122. The number of nitrogens with zero attached hydrogens (tertiary/aromatic N) is 2. The number of benzene rings is 2. The third-order valence-corrected chi connectivity index (χ3v) is 6.22. The topological polar surface area (TPSA) is 54.3 Å². The highest BCUT2D eigenvalue weighted by Crippen LogP contribution is 2.38. The van der Waals surface area contributed by atoms with Crippen LogP contribution in [0.2, 0.25) is 0 Å². The molecule has 4 aromatic rings. The van der Waals surface area contributed by atoms with Crippen LogP contribution in [0.3, 0.4) is 0 Å². The van der Waals surface area contributed by atoms with Crippen molar-refractivity contribution in [2.24, 2.45) is 0 Å². The molecule has 0 bridgehead atoms. The third kappa shape index (κ3) is 3.62. The summed E-state index contributed by atoms with van der Waals surface area (Å²) in [5, 5.41) is 4.28. The Morgan fingerprint density at radius 2 is 1.57 bits per heavy atom. The molecule has 2 heterocycles. The van der Waals surface area contributed by atoms with Gasteiger partial charge in [0, 0.05) is 30.2 Å². The van der Waals surface area contributed by atoms with E-state index in [-0.39, 0.29) is 11.5 Å². The van der Waals surface area contributed by atoms with E-state index in [1.807, 2.05) is 74.5 Å². The quantitative estimate of drug-likeness (QED) is 0.464. The van der Waals surface area contributed by atoms with Crippen LogP contribution >= 0.6 is 11.3 Å². The number of nitrogens with one attached hydrogen (secondary N) is 1. The Morgan fingerprint density at radius 1 is 0.933 bits per heavy atom. The van der Waals surface area contributed by atoms with Gasteiger partial charge in [-0.2, -0.15) is 0 Å². The zero-order chi connectivity index (χ0) is 21.1. The van der Waals surface area contributed by atoms with E-state index in [4.69, 9.17) is 0 Å². The molecule has 1 N–H and O–H groups in total. The van der Waals surface area contributed by atoms with Crippen molar-refractivity contribution in [2.75, 3.05) is 18.4 Å². The Bertz CT molecular complexity index is 1230. The number of carbonyl (C=O) groups excluding carboxylic acids is 1. The third-order valence-electron chi connectivity index (χ3n) is 5.04. The second-order valence-corrected chi connectivity index (χ2v) is 7.84. The summed E-state index contributed by atoms with van der Waals surface area (Å²) in [6.07, 6.45) is 0. The molecule has 4 rings (SSSR count). The van der Waals surface area contributed by atoms with E-state index in [2.05, 4.69) is 5.32 Å². The molecule has 0 aliphatic carbocycles. The first-order valence-corrected chi connectivity index (χ1v) is 10.8. The molecule has 152 valence electrons. The maximum absolute atomic E-state index is 13.3. The van der Waals surface area contributed by atoms with Crippen LogP contribution in [0.25, 0.3) is 15.9 Å². The molecule has 30 heavy (non-hydrogen) atoms. The van der Waals surface area contributed by atoms with Gasteiger partial charge in [-0.15, -0.1) is 11.3 Å². The zero-order valence-electron chi connectivity index (χ0n) is 17.0. The summed E-state index contributed by atoms with van der Waals surface area (Å²) in [6.45, 7) is 5.19. The fourth-order valence-corrected chi connectivity index (χ4v) is 4.74. The Hall–Kier alpha value is -3.38. The van der Waals surface area contributed by atoms with Gasteiger partial charge in [-0.05, 0) is 44.2 Å². The van der Waals surface area contributed by atoms with Gasteiger partial charge < -0.3 is 10.2 Å². The summed E-state index contributed by atoms with van der Waals surface area (Å²) < 4.78 is 1.68. The molecular formula is C24H23N3O2S. The van der Waals surface area contributed by atoms with Crippen LogP contribution in [-0.4, -0.2) is 28.5 Å². The number of hydrogen-bond donors (Lipinski definition) is 1. The molecule has 2 aromatic heterocycles. The maximum atomic E-state index is 13.3. The van der Waals surface area contributed by atoms with Gasteiger partial charge >= 0.3 is 0 Å². The highest BCUT2D eigenvalue weighted by molar-refractivity contribution is 7.21. The molecule has 0 aliphatic heterocycles. The summed E-state index contributed by atoms with van der Waals surface area (Å²) in [5.74, 6) is -0.0355. The number of rotatable bonds is 6.